The Balaban J connectivity index is 1.79. The van der Waals surface area contributed by atoms with Crippen molar-refractivity contribution in [2.75, 3.05) is 27.3 Å². The Kier molecular flexibility index (Phi) is 5.84. The molecule has 1 aliphatic rings. The van der Waals surface area contributed by atoms with E-state index < -0.39 is 6.10 Å². The second-order valence-electron chi connectivity index (χ2n) is 7.14. The third-order valence-electron chi connectivity index (χ3n) is 5.36. The average Bonchev–Trinajstić information content (AvgIpc) is 3.11. The highest BCUT2D eigenvalue weighted by molar-refractivity contribution is 5.44. The van der Waals surface area contributed by atoms with Crippen molar-refractivity contribution in [3.8, 4) is 11.5 Å². The van der Waals surface area contributed by atoms with Gasteiger partial charge in [0.15, 0.2) is 11.5 Å². The zero-order valence-corrected chi connectivity index (χ0v) is 16.2. The number of benzene rings is 2. The van der Waals surface area contributed by atoms with Crippen LogP contribution >= 0.6 is 0 Å². The van der Waals surface area contributed by atoms with E-state index in [0.29, 0.717) is 12.6 Å². The van der Waals surface area contributed by atoms with Gasteiger partial charge in [-0.25, -0.2) is 0 Å². The molecule has 1 fully saturated rings. The lowest BCUT2D eigenvalue weighted by Gasteiger charge is -2.28. The first kappa shape index (κ1) is 18.7. The van der Waals surface area contributed by atoms with Crippen LogP contribution in [0.4, 0.5) is 0 Å². The van der Waals surface area contributed by atoms with E-state index in [1.807, 2.05) is 6.07 Å². The molecular weight excluding hydrogens is 326 g/mol. The molecule has 1 saturated heterocycles. The van der Waals surface area contributed by atoms with Crippen molar-refractivity contribution >= 4 is 0 Å². The Bertz CT molecular complexity index is 759. The van der Waals surface area contributed by atoms with Crippen LogP contribution in [-0.2, 0) is 0 Å². The normalized spacial score (nSPS) is 18.7. The van der Waals surface area contributed by atoms with Crippen molar-refractivity contribution in [3.05, 3.63) is 58.7 Å². The van der Waals surface area contributed by atoms with Gasteiger partial charge in [-0.05, 0) is 62.1 Å². The molecule has 1 aliphatic heterocycles. The van der Waals surface area contributed by atoms with Crippen LogP contribution in [0.25, 0.3) is 0 Å². The Hall–Kier alpha value is -2.04. The zero-order chi connectivity index (χ0) is 18.7. The van der Waals surface area contributed by atoms with Crippen LogP contribution in [0.15, 0.2) is 36.4 Å². The highest BCUT2D eigenvalue weighted by atomic mass is 16.5. The molecule has 1 N–H and O–H groups in total. The number of β-amino-alcohol motifs (C(OH)–C–C–N with tert-alkyl or cyclic N) is 1. The summed E-state index contributed by atoms with van der Waals surface area (Å²) in [5.74, 6) is 1.50. The lowest BCUT2D eigenvalue weighted by atomic mass is 9.99. The molecule has 2 atom stereocenters. The van der Waals surface area contributed by atoms with E-state index in [4.69, 9.17) is 9.47 Å². The molecule has 0 amide bonds. The molecule has 1 heterocycles. The van der Waals surface area contributed by atoms with E-state index in [1.54, 1.807) is 14.2 Å². The van der Waals surface area contributed by atoms with E-state index >= 15 is 0 Å². The molecule has 4 heteroatoms. The number of aryl methyl sites for hydroxylation is 2. The number of rotatable bonds is 6. The molecule has 3 rings (SSSR count). The van der Waals surface area contributed by atoms with Gasteiger partial charge in [-0.3, -0.25) is 4.90 Å². The summed E-state index contributed by atoms with van der Waals surface area (Å²) in [6.07, 6.45) is 1.75. The van der Waals surface area contributed by atoms with E-state index in [9.17, 15) is 5.11 Å². The predicted octanol–water partition coefficient (Wildman–Crippen LogP) is 4.19. The SMILES string of the molecule is COc1ccc([C@@H]2CCCN2C[C@@H](O)c2cc(C)ccc2C)cc1OC. The van der Waals surface area contributed by atoms with Crippen LogP contribution in [-0.4, -0.2) is 37.3 Å². The molecule has 0 radical (unpaired) electrons. The van der Waals surface area contributed by atoms with Gasteiger partial charge in [0, 0.05) is 12.6 Å². The fraction of sp³-hybridized carbons (Fsp3) is 0.455. The monoisotopic (exact) mass is 355 g/mol. The molecule has 0 bridgehead atoms. The van der Waals surface area contributed by atoms with Gasteiger partial charge in [0.2, 0.25) is 0 Å². The smallest absolute Gasteiger partial charge is 0.161 e. The zero-order valence-electron chi connectivity index (χ0n) is 16.2. The second-order valence-corrected chi connectivity index (χ2v) is 7.14. The minimum atomic E-state index is -0.476. The predicted molar refractivity (Wildman–Crippen MR) is 104 cm³/mol. The summed E-state index contributed by atoms with van der Waals surface area (Å²) in [6.45, 7) is 5.77. The number of aliphatic hydroxyl groups excluding tert-OH is 1. The maximum Gasteiger partial charge on any atom is 0.161 e. The second kappa shape index (κ2) is 8.11. The van der Waals surface area contributed by atoms with Crippen molar-refractivity contribution in [1.82, 2.24) is 4.90 Å². The number of hydrogen-bond acceptors (Lipinski definition) is 4. The number of nitrogens with zero attached hydrogens (tertiary/aromatic N) is 1. The van der Waals surface area contributed by atoms with Gasteiger partial charge < -0.3 is 14.6 Å². The minimum absolute atomic E-state index is 0.301. The first-order chi connectivity index (χ1) is 12.5. The van der Waals surface area contributed by atoms with E-state index in [1.165, 1.54) is 11.1 Å². The largest absolute Gasteiger partial charge is 0.493 e. The Morgan fingerprint density at radius 2 is 1.85 bits per heavy atom. The molecule has 26 heavy (non-hydrogen) atoms. The van der Waals surface area contributed by atoms with Gasteiger partial charge in [0.1, 0.15) is 0 Å². The van der Waals surface area contributed by atoms with Gasteiger partial charge in [0.05, 0.1) is 20.3 Å². The summed E-state index contributed by atoms with van der Waals surface area (Å²) in [5, 5.41) is 10.8. The van der Waals surface area contributed by atoms with Gasteiger partial charge in [0.25, 0.3) is 0 Å². The Morgan fingerprint density at radius 3 is 2.58 bits per heavy atom. The highest BCUT2D eigenvalue weighted by Gasteiger charge is 2.29. The van der Waals surface area contributed by atoms with Crippen LogP contribution in [0.1, 0.15) is 47.2 Å². The molecule has 0 spiro atoms. The molecule has 2 aromatic rings. The first-order valence-electron chi connectivity index (χ1n) is 9.24. The molecule has 0 saturated carbocycles. The molecule has 140 valence electrons. The number of aliphatic hydroxyl groups is 1. The number of hydrogen-bond donors (Lipinski definition) is 1. The summed E-state index contributed by atoms with van der Waals surface area (Å²) in [7, 11) is 3.32. The lowest BCUT2D eigenvalue weighted by Crippen LogP contribution is -2.28. The van der Waals surface area contributed by atoms with Gasteiger partial charge in [-0.15, -0.1) is 0 Å². The maximum absolute atomic E-state index is 10.8. The number of methoxy groups -OCH3 is 2. The van der Waals surface area contributed by atoms with Gasteiger partial charge in [-0.2, -0.15) is 0 Å². The van der Waals surface area contributed by atoms with Gasteiger partial charge in [-0.1, -0.05) is 29.8 Å². The summed E-state index contributed by atoms with van der Waals surface area (Å²) in [6, 6.07) is 12.7. The molecule has 2 aromatic carbocycles. The Labute approximate surface area is 156 Å². The van der Waals surface area contributed by atoms with Crippen LogP contribution < -0.4 is 9.47 Å². The van der Waals surface area contributed by atoms with Crippen LogP contribution in [0.3, 0.4) is 0 Å². The van der Waals surface area contributed by atoms with E-state index in [-0.39, 0.29) is 0 Å². The molecular formula is C22H29NO3. The fourth-order valence-electron chi connectivity index (χ4n) is 3.92. The van der Waals surface area contributed by atoms with Crippen molar-refractivity contribution < 1.29 is 14.6 Å². The topological polar surface area (TPSA) is 41.9 Å². The summed E-state index contributed by atoms with van der Waals surface area (Å²) in [4.78, 5) is 2.38. The average molecular weight is 355 g/mol. The van der Waals surface area contributed by atoms with Crippen molar-refractivity contribution in [3.63, 3.8) is 0 Å². The Morgan fingerprint density at radius 1 is 1.08 bits per heavy atom. The first-order valence-corrected chi connectivity index (χ1v) is 9.24. The molecule has 4 nitrogen and oxygen atoms in total. The third kappa shape index (κ3) is 3.87. The van der Waals surface area contributed by atoms with Crippen LogP contribution in [0, 0.1) is 13.8 Å². The summed E-state index contributed by atoms with van der Waals surface area (Å²) in [5.41, 5.74) is 4.57. The molecule has 0 unspecified atom stereocenters. The fourth-order valence-corrected chi connectivity index (χ4v) is 3.92. The minimum Gasteiger partial charge on any atom is -0.493 e. The van der Waals surface area contributed by atoms with Crippen molar-refractivity contribution in [1.29, 1.82) is 0 Å². The van der Waals surface area contributed by atoms with Gasteiger partial charge >= 0.3 is 0 Å². The summed E-state index contributed by atoms with van der Waals surface area (Å²) < 4.78 is 10.8. The highest BCUT2D eigenvalue weighted by Crippen LogP contribution is 2.37. The van der Waals surface area contributed by atoms with Crippen LogP contribution in [0.5, 0.6) is 11.5 Å². The van der Waals surface area contributed by atoms with E-state index in [2.05, 4.69) is 49.1 Å². The number of likely N-dealkylation sites (tertiary alicyclic amines) is 1. The quantitative estimate of drug-likeness (QED) is 0.844. The summed E-state index contributed by atoms with van der Waals surface area (Å²) >= 11 is 0. The lowest BCUT2D eigenvalue weighted by molar-refractivity contribution is 0.105. The van der Waals surface area contributed by atoms with Crippen molar-refractivity contribution in [2.24, 2.45) is 0 Å². The molecule has 0 aromatic heterocycles. The van der Waals surface area contributed by atoms with Crippen molar-refractivity contribution in [2.45, 2.75) is 38.8 Å². The number of ether oxygens (including phenoxy) is 2. The standard InChI is InChI=1S/C22H29NO3/c1-15-7-8-16(2)18(12-15)20(24)14-23-11-5-6-19(23)17-9-10-21(25-3)22(13-17)26-4/h7-10,12-13,19-20,24H,5-6,11,14H2,1-4H3/t19-,20+/m0/s1. The van der Waals surface area contributed by atoms with E-state index in [0.717, 1.165) is 42.0 Å². The maximum atomic E-state index is 10.8. The molecule has 0 aliphatic carbocycles. The van der Waals surface area contributed by atoms with Crippen LogP contribution in [0.2, 0.25) is 0 Å². The third-order valence-corrected chi connectivity index (χ3v) is 5.36.